The first-order valence-corrected chi connectivity index (χ1v) is 12.8. The number of aryl methyl sites for hydroxylation is 1. The Morgan fingerprint density at radius 2 is 2.13 bits per heavy atom. The van der Waals surface area contributed by atoms with Gasteiger partial charge in [-0.3, -0.25) is 14.2 Å². The lowest BCUT2D eigenvalue weighted by Crippen LogP contribution is -2.29. The molecule has 31 heavy (non-hydrogen) atoms. The van der Waals surface area contributed by atoms with E-state index in [1.807, 2.05) is 30.3 Å². The number of Topliss-reactive ketones (excluding diaryl/α,β-unsaturated/α-hetero) is 1. The van der Waals surface area contributed by atoms with E-state index in [9.17, 15) is 9.59 Å². The van der Waals surface area contributed by atoms with Crippen molar-refractivity contribution in [3.63, 3.8) is 0 Å². The van der Waals surface area contributed by atoms with Gasteiger partial charge in [0.15, 0.2) is 10.9 Å². The van der Waals surface area contributed by atoms with Crippen LogP contribution in [0.15, 0.2) is 40.3 Å². The molecule has 0 amide bonds. The van der Waals surface area contributed by atoms with Gasteiger partial charge < -0.3 is 4.74 Å². The lowest BCUT2D eigenvalue weighted by Gasteiger charge is -2.18. The molecule has 2 aromatic heterocycles. The van der Waals surface area contributed by atoms with E-state index in [0.717, 1.165) is 48.9 Å². The van der Waals surface area contributed by atoms with Crippen LogP contribution in [0.1, 0.15) is 47.0 Å². The van der Waals surface area contributed by atoms with Gasteiger partial charge in [-0.1, -0.05) is 49.0 Å². The summed E-state index contributed by atoms with van der Waals surface area (Å²) >= 11 is 3.02. The van der Waals surface area contributed by atoms with Crippen molar-refractivity contribution in [2.75, 3.05) is 12.4 Å². The van der Waals surface area contributed by atoms with Crippen LogP contribution in [-0.4, -0.2) is 33.8 Å². The van der Waals surface area contributed by atoms with E-state index in [4.69, 9.17) is 9.72 Å². The minimum absolute atomic E-state index is 0.0298. The van der Waals surface area contributed by atoms with Crippen LogP contribution in [0.3, 0.4) is 0 Å². The van der Waals surface area contributed by atoms with Crippen molar-refractivity contribution in [1.29, 1.82) is 0 Å². The molecule has 2 aliphatic rings. The summed E-state index contributed by atoms with van der Waals surface area (Å²) in [4.78, 5) is 33.3. The van der Waals surface area contributed by atoms with Crippen LogP contribution in [0.4, 0.5) is 0 Å². The number of thioether (sulfide) groups is 1. The van der Waals surface area contributed by atoms with Crippen molar-refractivity contribution in [2.24, 2.45) is 5.92 Å². The molecule has 7 heteroatoms. The van der Waals surface area contributed by atoms with Gasteiger partial charge in [0.05, 0.1) is 23.8 Å². The third kappa shape index (κ3) is 4.23. The molecule has 1 aromatic carbocycles. The molecule has 2 unspecified atom stereocenters. The van der Waals surface area contributed by atoms with Gasteiger partial charge in [0, 0.05) is 17.0 Å². The second-order valence-corrected chi connectivity index (χ2v) is 10.6. The van der Waals surface area contributed by atoms with Crippen molar-refractivity contribution >= 4 is 39.1 Å². The number of fused-ring (bicyclic) bond motifs is 3. The standard InChI is InChI=1S/C24H26N2O3S2/c1-15-9-10-18-20(12-15)31-22-21(18)23(28)26(13-17-8-5-11-29-17)24(25-22)30-14-19(27)16-6-3-2-4-7-16/h2-4,6-7,15,17H,5,8-14H2,1H3. The van der Waals surface area contributed by atoms with Crippen LogP contribution in [0.2, 0.25) is 0 Å². The zero-order valence-electron chi connectivity index (χ0n) is 17.6. The van der Waals surface area contributed by atoms with E-state index >= 15 is 0 Å². The first kappa shape index (κ1) is 20.9. The predicted octanol–water partition coefficient (Wildman–Crippen LogP) is 4.74. The normalized spacial score (nSPS) is 20.8. The summed E-state index contributed by atoms with van der Waals surface area (Å²) in [6, 6.07) is 9.29. The molecule has 0 bridgehead atoms. The van der Waals surface area contributed by atoms with E-state index < -0.39 is 0 Å². The van der Waals surface area contributed by atoms with Gasteiger partial charge in [-0.2, -0.15) is 0 Å². The predicted molar refractivity (Wildman–Crippen MR) is 126 cm³/mol. The Hall–Kier alpha value is -1.96. The number of ether oxygens (including phenoxy) is 1. The summed E-state index contributed by atoms with van der Waals surface area (Å²) < 4.78 is 7.59. The van der Waals surface area contributed by atoms with Crippen LogP contribution < -0.4 is 5.56 Å². The number of nitrogens with zero attached hydrogens (tertiary/aromatic N) is 2. The molecule has 5 rings (SSSR count). The second kappa shape index (κ2) is 8.88. The van der Waals surface area contributed by atoms with E-state index in [1.54, 1.807) is 15.9 Å². The summed E-state index contributed by atoms with van der Waals surface area (Å²) in [5.41, 5.74) is 1.92. The molecule has 162 valence electrons. The third-order valence-electron chi connectivity index (χ3n) is 6.22. The number of ketones is 1. The molecule has 3 aromatic rings. The first-order valence-electron chi connectivity index (χ1n) is 11.0. The second-order valence-electron chi connectivity index (χ2n) is 8.55. The van der Waals surface area contributed by atoms with Gasteiger partial charge in [0.2, 0.25) is 0 Å². The van der Waals surface area contributed by atoms with Gasteiger partial charge in [-0.15, -0.1) is 11.3 Å². The van der Waals surface area contributed by atoms with E-state index in [2.05, 4.69) is 6.92 Å². The molecule has 1 aliphatic carbocycles. The fraction of sp³-hybridized carbons (Fsp3) is 0.458. The zero-order chi connectivity index (χ0) is 21.4. The number of hydrogen-bond acceptors (Lipinski definition) is 6. The highest BCUT2D eigenvalue weighted by atomic mass is 32.2. The van der Waals surface area contributed by atoms with Crippen LogP contribution in [0.5, 0.6) is 0 Å². The van der Waals surface area contributed by atoms with Crippen LogP contribution in [0, 0.1) is 5.92 Å². The van der Waals surface area contributed by atoms with Gasteiger partial charge in [0.1, 0.15) is 4.83 Å². The Kier molecular flexibility index (Phi) is 5.99. The van der Waals surface area contributed by atoms with Crippen molar-refractivity contribution in [1.82, 2.24) is 9.55 Å². The Labute approximate surface area is 189 Å². The molecule has 5 nitrogen and oxygen atoms in total. The molecular weight excluding hydrogens is 428 g/mol. The van der Waals surface area contributed by atoms with E-state index in [-0.39, 0.29) is 23.2 Å². The molecular formula is C24H26N2O3S2. The fourth-order valence-electron chi connectivity index (χ4n) is 4.51. The highest BCUT2D eigenvalue weighted by molar-refractivity contribution is 7.99. The minimum atomic E-state index is 0.0298. The zero-order valence-corrected chi connectivity index (χ0v) is 19.3. The monoisotopic (exact) mass is 454 g/mol. The average Bonchev–Trinajstić information content (AvgIpc) is 3.42. The van der Waals surface area contributed by atoms with Gasteiger partial charge in [-0.25, -0.2) is 4.98 Å². The van der Waals surface area contributed by atoms with E-state index in [1.165, 1.54) is 22.2 Å². The molecule has 0 spiro atoms. The third-order valence-corrected chi connectivity index (χ3v) is 8.34. The maximum atomic E-state index is 13.6. The van der Waals surface area contributed by atoms with Crippen molar-refractivity contribution in [3.05, 3.63) is 56.7 Å². The Balaban J connectivity index is 1.52. The van der Waals surface area contributed by atoms with Crippen LogP contribution >= 0.6 is 23.1 Å². The number of thiophene rings is 1. The number of carbonyl (C=O) groups is 1. The number of aromatic nitrogens is 2. The van der Waals surface area contributed by atoms with Crippen LogP contribution in [-0.2, 0) is 24.1 Å². The Bertz CT molecular complexity index is 1160. The van der Waals surface area contributed by atoms with Gasteiger partial charge >= 0.3 is 0 Å². The quantitative estimate of drug-likeness (QED) is 0.306. The first-order chi connectivity index (χ1) is 15.1. The summed E-state index contributed by atoms with van der Waals surface area (Å²) in [5.74, 6) is 0.949. The largest absolute Gasteiger partial charge is 0.376 e. The molecule has 3 heterocycles. The smallest absolute Gasteiger partial charge is 0.263 e. The van der Waals surface area contributed by atoms with Crippen molar-refractivity contribution in [3.8, 4) is 0 Å². The number of benzene rings is 1. The molecule has 1 aliphatic heterocycles. The van der Waals surface area contributed by atoms with Gasteiger partial charge in [-0.05, 0) is 43.6 Å². The average molecular weight is 455 g/mol. The molecule has 2 atom stereocenters. The lowest BCUT2D eigenvalue weighted by atomic mass is 9.89. The van der Waals surface area contributed by atoms with Crippen molar-refractivity contribution < 1.29 is 9.53 Å². The summed E-state index contributed by atoms with van der Waals surface area (Å²) in [5, 5.41) is 1.42. The highest BCUT2D eigenvalue weighted by Gasteiger charge is 2.26. The van der Waals surface area contributed by atoms with Crippen LogP contribution in [0.25, 0.3) is 10.2 Å². The molecule has 0 radical (unpaired) electrons. The topological polar surface area (TPSA) is 61.2 Å². The summed E-state index contributed by atoms with van der Waals surface area (Å²) in [6.07, 6.45) is 5.11. The maximum absolute atomic E-state index is 13.6. The van der Waals surface area contributed by atoms with E-state index in [0.29, 0.717) is 23.2 Å². The summed E-state index contributed by atoms with van der Waals surface area (Å²) in [7, 11) is 0. The number of hydrogen-bond donors (Lipinski definition) is 0. The number of carbonyl (C=O) groups excluding carboxylic acids is 1. The highest BCUT2D eigenvalue weighted by Crippen LogP contribution is 2.36. The SMILES string of the molecule is CC1CCc2c(sc3nc(SCC(=O)c4ccccc4)n(CC4CCCO4)c(=O)c23)C1. The Morgan fingerprint density at radius 3 is 2.90 bits per heavy atom. The molecule has 0 saturated carbocycles. The lowest BCUT2D eigenvalue weighted by molar-refractivity contribution is 0.0937. The fourth-order valence-corrected chi connectivity index (χ4v) is 6.83. The molecule has 1 fully saturated rings. The molecule has 1 saturated heterocycles. The summed E-state index contributed by atoms with van der Waals surface area (Å²) in [6.45, 7) is 3.52. The maximum Gasteiger partial charge on any atom is 0.263 e. The number of rotatable bonds is 6. The minimum Gasteiger partial charge on any atom is -0.376 e. The van der Waals surface area contributed by atoms with Gasteiger partial charge in [0.25, 0.3) is 5.56 Å². The van der Waals surface area contributed by atoms with Crippen molar-refractivity contribution in [2.45, 2.75) is 56.8 Å². The Morgan fingerprint density at radius 1 is 1.29 bits per heavy atom. The molecule has 0 N–H and O–H groups in total.